The number of hydrogen-bond acceptors (Lipinski definition) is 6. The fourth-order valence-corrected chi connectivity index (χ4v) is 1.38. The van der Waals surface area contributed by atoms with Crippen LogP contribution in [0.5, 0.6) is 0 Å². The van der Waals surface area contributed by atoms with E-state index in [4.69, 9.17) is 22.1 Å². The second-order valence-corrected chi connectivity index (χ2v) is 4.18. The van der Waals surface area contributed by atoms with Crippen molar-refractivity contribution >= 4 is 35.2 Å². The number of amides is 1. The van der Waals surface area contributed by atoms with E-state index < -0.39 is 18.0 Å². The minimum atomic E-state index is -1.04. The van der Waals surface area contributed by atoms with Gasteiger partial charge in [0.25, 0.3) is 5.91 Å². The lowest BCUT2D eigenvalue weighted by molar-refractivity contribution is -0.125. The molecule has 1 aromatic rings. The zero-order valence-corrected chi connectivity index (χ0v) is 10.7. The van der Waals surface area contributed by atoms with Gasteiger partial charge in [-0.05, 0) is 13.2 Å². The van der Waals surface area contributed by atoms with E-state index in [9.17, 15) is 9.59 Å². The molecule has 0 bridgehead atoms. The number of hydrogen-bond donors (Lipinski definition) is 1. The first-order valence-corrected chi connectivity index (χ1v) is 6.12. The highest BCUT2D eigenvalue weighted by Crippen LogP contribution is 2.17. The van der Waals surface area contributed by atoms with E-state index in [2.05, 4.69) is 9.97 Å². The van der Waals surface area contributed by atoms with Gasteiger partial charge in [-0.25, -0.2) is 14.8 Å². The zero-order chi connectivity index (χ0) is 13.0. The number of esters is 1. The van der Waals surface area contributed by atoms with Gasteiger partial charge in [0, 0.05) is 0 Å². The summed E-state index contributed by atoms with van der Waals surface area (Å²) in [6, 6.07) is 0. The third-order valence-corrected chi connectivity index (χ3v) is 2.62. The van der Waals surface area contributed by atoms with Gasteiger partial charge < -0.3 is 10.5 Å². The summed E-state index contributed by atoms with van der Waals surface area (Å²) in [5, 5.41) is 0.442. The molecule has 1 heterocycles. The minimum absolute atomic E-state index is 0.0597. The Hall–Kier alpha value is -1.34. The molecule has 0 aromatic carbocycles. The number of halogens is 1. The zero-order valence-electron chi connectivity index (χ0n) is 9.14. The molecule has 1 rings (SSSR count). The summed E-state index contributed by atoms with van der Waals surface area (Å²) in [4.78, 5) is 30.2. The van der Waals surface area contributed by atoms with Crippen LogP contribution >= 0.6 is 23.4 Å². The quantitative estimate of drug-likeness (QED) is 0.498. The molecule has 17 heavy (non-hydrogen) atoms. The van der Waals surface area contributed by atoms with Crippen molar-refractivity contribution in [2.24, 2.45) is 5.73 Å². The Kier molecular flexibility index (Phi) is 4.71. The van der Waals surface area contributed by atoms with E-state index >= 15 is 0 Å². The molecule has 0 aliphatic rings. The Morgan fingerprint density at radius 1 is 1.59 bits per heavy atom. The molecule has 1 atom stereocenters. The highest BCUT2D eigenvalue weighted by Gasteiger charge is 2.20. The number of ether oxygens (including phenoxy) is 1. The second-order valence-electron chi connectivity index (χ2n) is 3.00. The van der Waals surface area contributed by atoms with Gasteiger partial charge in [0.2, 0.25) is 0 Å². The SMILES string of the molecule is CSc1ncc(Cl)c(C(=O)OC(C)C(N)=O)n1. The molecule has 8 heteroatoms. The summed E-state index contributed by atoms with van der Waals surface area (Å²) < 4.78 is 4.78. The van der Waals surface area contributed by atoms with Crippen LogP contribution in [0.4, 0.5) is 0 Å². The second kappa shape index (κ2) is 5.83. The van der Waals surface area contributed by atoms with Crippen LogP contribution in [0.2, 0.25) is 5.02 Å². The van der Waals surface area contributed by atoms with Crippen LogP contribution in [-0.2, 0) is 9.53 Å². The lowest BCUT2D eigenvalue weighted by Crippen LogP contribution is -2.30. The first-order chi connectivity index (χ1) is 7.95. The van der Waals surface area contributed by atoms with Crippen molar-refractivity contribution in [1.29, 1.82) is 0 Å². The number of rotatable bonds is 4. The summed E-state index contributed by atoms with van der Waals surface area (Å²) in [7, 11) is 0. The molecule has 1 unspecified atom stereocenters. The van der Waals surface area contributed by atoms with Crippen molar-refractivity contribution in [2.45, 2.75) is 18.2 Å². The first-order valence-electron chi connectivity index (χ1n) is 4.52. The average Bonchev–Trinajstić information content (AvgIpc) is 2.29. The van der Waals surface area contributed by atoms with Crippen LogP contribution in [0.3, 0.4) is 0 Å². The maximum atomic E-state index is 11.6. The Morgan fingerprint density at radius 3 is 2.76 bits per heavy atom. The Morgan fingerprint density at radius 2 is 2.24 bits per heavy atom. The molecular weight excluding hydrogens is 266 g/mol. The molecule has 0 saturated heterocycles. The molecule has 0 aliphatic heterocycles. The lowest BCUT2D eigenvalue weighted by Gasteiger charge is -2.09. The number of thioether (sulfide) groups is 1. The van der Waals surface area contributed by atoms with Gasteiger partial charge in [-0.3, -0.25) is 4.79 Å². The maximum absolute atomic E-state index is 11.6. The van der Waals surface area contributed by atoms with Gasteiger partial charge in [0.05, 0.1) is 11.2 Å². The monoisotopic (exact) mass is 275 g/mol. The number of carbonyl (C=O) groups is 2. The van der Waals surface area contributed by atoms with Gasteiger partial charge in [-0.15, -0.1) is 0 Å². The molecule has 6 nitrogen and oxygen atoms in total. The molecule has 0 saturated carbocycles. The number of carbonyl (C=O) groups excluding carboxylic acids is 2. The standard InChI is InChI=1S/C9H10ClN3O3S/c1-4(7(11)14)16-8(15)6-5(10)3-12-9(13-6)17-2/h3-4H,1-2H3,(H2,11,14). The van der Waals surface area contributed by atoms with Crippen molar-refractivity contribution in [2.75, 3.05) is 6.26 Å². The van der Waals surface area contributed by atoms with Crippen LogP contribution in [0, 0.1) is 0 Å². The number of nitrogens with zero attached hydrogens (tertiary/aromatic N) is 2. The molecule has 0 radical (unpaired) electrons. The molecule has 0 aliphatic carbocycles. The Labute approximate surface area is 107 Å². The molecule has 1 aromatic heterocycles. The summed E-state index contributed by atoms with van der Waals surface area (Å²) in [6.45, 7) is 1.37. The van der Waals surface area contributed by atoms with Crippen molar-refractivity contribution in [3.8, 4) is 0 Å². The first kappa shape index (κ1) is 13.7. The van der Waals surface area contributed by atoms with E-state index in [1.165, 1.54) is 24.9 Å². The van der Waals surface area contributed by atoms with Gasteiger partial charge in [-0.2, -0.15) is 0 Å². The maximum Gasteiger partial charge on any atom is 0.359 e. The predicted octanol–water partition coefficient (Wildman–Crippen LogP) is 0.883. The topological polar surface area (TPSA) is 95.2 Å². The summed E-state index contributed by atoms with van der Waals surface area (Å²) in [5.41, 5.74) is 4.89. The van der Waals surface area contributed by atoms with Gasteiger partial charge in [-0.1, -0.05) is 23.4 Å². The minimum Gasteiger partial charge on any atom is -0.448 e. The Bertz CT molecular complexity index is 455. The number of primary amides is 1. The normalized spacial score (nSPS) is 11.9. The molecule has 1 amide bonds. The average molecular weight is 276 g/mol. The fraction of sp³-hybridized carbons (Fsp3) is 0.333. The van der Waals surface area contributed by atoms with Gasteiger partial charge in [0.1, 0.15) is 0 Å². The molecule has 92 valence electrons. The highest BCUT2D eigenvalue weighted by molar-refractivity contribution is 7.98. The van der Waals surface area contributed by atoms with E-state index in [1.54, 1.807) is 6.26 Å². The molecule has 0 spiro atoms. The fourth-order valence-electron chi connectivity index (χ4n) is 0.867. The summed E-state index contributed by atoms with van der Waals surface area (Å²) in [5.74, 6) is -1.55. The van der Waals surface area contributed by atoms with Crippen LogP contribution in [0.25, 0.3) is 0 Å². The molecule has 0 fully saturated rings. The lowest BCUT2D eigenvalue weighted by atomic mass is 10.3. The largest absolute Gasteiger partial charge is 0.448 e. The highest BCUT2D eigenvalue weighted by atomic mass is 35.5. The summed E-state index contributed by atoms with van der Waals surface area (Å²) in [6.07, 6.45) is 2.02. The van der Waals surface area contributed by atoms with Crippen molar-refractivity contribution < 1.29 is 14.3 Å². The van der Waals surface area contributed by atoms with Gasteiger partial charge in [0.15, 0.2) is 17.0 Å². The smallest absolute Gasteiger partial charge is 0.359 e. The number of nitrogens with two attached hydrogens (primary N) is 1. The Balaban J connectivity index is 2.91. The van der Waals surface area contributed by atoms with E-state index in [-0.39, 0.29) is 10.7 Å². The number of aromatic nitrogens is 2. The van der Waals surface area contributed by atoms with Crippen LogP contribution in [0.15, 0.2) is 11.4 Å². The van der Waals surface area contributed by atoms with E-state index in [0.717, 1.165) is 0 Å². The third-order valence-electron chi connectivity index (χ3n) is 1.78. The van der Waals surface area contributed by atoms with E-state index in [1.807, 2.05) is 0 Å². The molecular formula is C9H10ClN3O3S. The molecule has 2 N–H and O–H groups in total. The van der Waals surface area contributed by atoms with Crippen molar-refractivity contribution in [1.82, 2.24) is 9.97 Å². The van der Waals surface area contributed by atoms with Crippen LogP contribution < -0.4 is 5.73 Å². The van der Waals surface area contributed by atoms with E-state index in [0.29, 0.717) is 5.16 Å². The van der Waals surface area contributed by atoms with Crippen LogP contribution in [0.1, 0.15) is 17.4 Å². The summed E-state index contributed by atoms with van der Waals surface area (Å²) >= 11 is 7.01. The van der Waals surface area contributed by atoms with Crippen molar-refractivity contribution in [3.05, 3.63) is 16.9 Å². The van der Waals surface area contributed by atoms with Gasteiger partial charge >= 0.3 is 5.97 Å². The van der Waals surface area contributed by atoms with Crippen LogP contribution in [-0.4, -0.2) is 34.2 Å². The predicted molar refractivity (Wildman–Crippen MR) is 62.9 cm³/mol. The third kappa shape index (κ3) is 3.57. The van der Waals surface area contributed by atoms with Crippen molar-refractivity contribution in [3.63, 3.8) is 0 Å².